The van der Waals surface area contributed by atoms with Crippen LogP contribution in [0.5, 0.6) is 0 Å². The lowest BCUT2D eigenvalue weighted by Crippen LogP contribution is -2.26. The maximum Gasteiger partial charge on any atom is 0.0689 e. The lowest BCUT2D eigenvalue weighted by Gasteiger charge is -2.36. The minimum Gasteiger partial charge on any atom is -0.198 e. The van der Waals surface area contributed by atoms with Crippen molar-refractivity contribution in [2.75, 3.05) is 0 Å². The number of unbranched alkanes of at least 4 members (excludes halogenated alkanes) is 5. The van der Waals surface area contributed by atoms with Crippen LogP contribution < -0.4 is 0 Å². The van der Waals surface area contributed by atoms with Crippen LogP contribution in [-0.4, -0.2) is 0 Å². The van der Waals surface area contributed by atoms with Gasteiger partial charge in [-0.1, -0.05) is 104 Å². The summed E-state index contributed by atoms with van der Waals surface area (Å²) >= 11 is 0. The first-order valence-electron chi connectivity index (χ1n) is 12.6. The Bertz CT molecular complexity index is 404. The Labute approximate surface area is 170 Å². The van der Waals surface area contributed by atoms with Crippen LogP contribution in [0.4, 0.5) is 0 Å². The normalized spacial score (nSPS) is 31.5. The third kappa shape index (κ3) is 8.17. The third-order valence-electron chi connectivity index (χ3n) is 7.97. The number of hydrogen-bond acceptors (Lipinski definition) is 1. The second-order valence-corrected chi connectivity index (χ2v) is 10.1. The Hall–Kier alpha value is -0.510. The molecule has 0 amide bonds. The Morgan fingerprint density at radius 1 is 0.667 bits per heavy atom. The van der Waals surface area contributed by atoms with Crippen molar-refractivity contribution in [3.8, 4) is 6.07 Å². The van der Waals surface area contributed by atoms with Crippen molar-refractivity contribution in [3.63, 3.8) is 0 Å². The van der Waals surface area contributed by atoms with Gasteiger partial charge in [0.15, 0.2) is 0 Å². The van der Waals surface area contributed by atoms with Gasteiger partial charge >= 0.3 is 0 Å². The third-order valence-corrected chi connectivity index (χ3v) is 7.97. The van der Waals surface area contributed by atoms with Crippen LogP contribution in [0, 0.1) is 34.5 Å². The van der Waals surface area contributed by atoms with Gasteiger partial charge in [0.2, 0.25) is 0 Å². The van der Waals surface area contributed by atoms with Crippen LogP contribution in [0.15, 0.2) is 0 Å². The Morgan fingerprint density at radius 2 is 1.19 bits per heavy atom. The van der Waals surface area contributed by atoms with Gasteiger partial charge in [-0.2, -0.15) is 5.26 Å². The molecule has 0 saturated heterocycles. The molecule has 0 aromatic heterocycles. The summed E-state index contributed by atoms with van der Waals surface area (Å²) in [6.07, 6.45) is 26.2. The van der Waals surface area contributed by atoms with E-state index in [-0.39, 0.29) is 5.41 Å². The second-order valence-electron chi connectivity index (χ2n) is 10.1. The molecule has 0 N–H and O–H groups in total. The highest BCUT2D eigenvalue weighted by atomic mass is 14.4. The van der Waals surface area contributed by atoms with Gasteiger partial charge in [-0.25, -0.2) is 0 Å². The van der Waals surface area contributed by atoms with Crippen LogP contribution in [0.1, 0.15) is 136 Å². The summed E-state index contributed by atoms with van der Waals surface area (Å²) in [5, 5.41) is 9.73. The fourth-order valence-electron chi connectivity index (χ4n) is 5.79. The van der Waals surface area contributed by atoms with E-state index in [1.807, 2.05) is 0 Å². The average Bonchev–Trinajstić information content (AvgIpc) is 2.72. The van der Waals surface area contributed by atoms with E-state index < -0.39 is 0 Å². The first-order chi connectivity index (χ1) is 13.2. The highest BCUT2D eigenvalue weighted by molar-refractivity contribution is 5.01. The van der Waals surface area contributed by atoms with E-state index >= 15 is 0 Å². The molecule has 0 atom stereocenters. The summed E-state index contributed by atoms with van der Waals surface area (Å²) in [4.78, 5) is 0. The van der Waals surface area contributed by atoms with Crippen molar-refractivity contribution in [2.45, 2.75) is 136 Å². The van der Waals surface area contributed by atoms with Crippen molar-refractivity contribution in [1.29, 1.82) is 5.26 Å². The van der Waals surface area contributed by atoms with E-state index in [1.165, 1.54) is 116 Å². The zero-order chi connectivity index (χ0) is 19.4. The number of nitriles is 1. The molecule has 0 bridgehead atoms. The largest absolute Gasteiger partial charge is 0.198 e. The molecule has 2 aliphatic carbocycles. The van der Waals surface area contributed by atoms with E-state index in [0.29, 0.717) is 0 Å². The Kier molecular flexibility index (Phi) is 10.8. The minimum atomic E-state index is 0.0432. The van der Waals surface area contributed by atoms with E-state index in [4.69, 9.17) is 0 Å². The highest BCUT2D eigenvalue weighted by Crippen LogP contribution is 2.44. The lowest BCUT2D eigenvalue weighted by molar-refractivity contribution is 0.171. The molecule has 0 unspecified atom stereocenters. The topological polar surface area (TPSA) is 23.8 Å². The van der Waals surface area contributed by atoms with Crippen LogP contribution in [0.3, 0.4) is 0 Å². The number of nitrogens with zero attached hydrogens (tertiary/aromatic N) is 1. The smallest absolute Gasteiger partial charge is 0.0689 e. The minimum absolute atomic E-state index is 0.0432. The quantitative estimate of drug-likeness (QED) is 0.313. The molecule has 2 rings (SSSR count). The fourth-order valence-corrected chi connectivity index (χ4v) is 5.79. The monoisotopic (exact) mass is 373 g/mol. The van der Waals surface area contributed by atoms with Crippen LogP contribution in [0.25, 0.3) is 0 Å². The van der Waals surface area contributed by atoms with Gasteiger partial charge in [0.05, 0.1) is 11.5 Å². The summed E-state index contributed by atoms with van der Waals surface area (Å²) in [6.45, 7) is 4.57. The summed E-state index contributed by atoms with van der Waals surface area (Å²) in [5.41, 5.74) is 0.0432. The van der Waals surface area contributed by atoms with E-state index in [1.54, 1.807) is 0 Å². The molecule has 1 nitrogen and oxygen atoms in total. The predicted molar refractivity (Wildman–Crippen MR) is 118 cm³/mol. The maximum absolute atomic E-state index is 9.73. The van der Waals surface area contributed by atoms with Gasteiger partial charge < -0.3 is 0 Å². The van der Waals surface area contributed by atoms with E-state index in [2.05, 4.69) is 19.9 Å². The molecular formula is C26H47N. The van der Waals surface area contributed by atoms with Crippen molar-refractivity contribution in [2.24, 2.45) is 23.2 Å². The zero-order valence-electron chi connectivity index (χ0n) is 18.6. The molecule has 1 heteroatoms. The molecule has 156 valence electrons. The molecular weight excluding hydrogens is 326 g/mol. The van der Waals surface area contributed by atoms with Crippen molar-refractivity contribution < 1.29 is 0 Å². The van der Waals surface area contributed by atoms with Crippen LogP contribution in [-0.2, 0) is 0 Å². The van der Waals surface area contributed by atoms with Crippen LogP contribution >= 0.6 is 0 Å². The SMILES string of the molecule is CCCCCCC1CCC(CCC2CCC(C#N)(CCCCC)CC2)CC1. The van der Waals surface area contributed by atoms with Gasteiger partial charge in [-0.15, -0.1) is 0 Å². The summed E-state index contributed by atoms with van der Waals surface area (Å²) in [7, 11) is 0. The summed E-state index contributed by atoms with van der Waals surface area (Å²) in [5.74, 6) is 2.99. The van der Waals surface area contributed by atoms with Gasteiger partial charge in [-0.3, -0.25) is 0 Å². The van der Waals surface area contributed by atoms with E-state index in [9.17, 15) is 5.26 Å². The van der Waals surface area contributed by atoms with E-state index in [0.717, 1.165) is 24.2 Å². The lowest BCUT2D eigenvalue weighted by atomic mass is 9.67. The summed E-state index contributed by atoms with van der Waals surface area (Å²) < 4.78 is 0. The second kappa shape index (κ2) is 12.9. The molecule has 0 radical (unpaired) electrons. The van der Waals surface area contributed by atoms with Gasteiger partial charge in [0.25, 0.3) is 0 Å². The first-order valence-corrected chi connectivity index (χ1v) is 12.6. The van der Waals surface area contributed by atoms with Crippen molar-refractivity contribution >= 4 is 0 Å². The molecule has 0 spiro atoms. The fraction of sp³-hybridized carbons (Fsp3) is 0.962. The molecule has 0 aromatic carbocycles. The van der Waals surface area contributed by atoms with Crippen LogP contribution in [0.2, 0.25) is 0 Å². The zero-order valence-corrected chi connectivity index (χ0v) is 18.6. The maximum atomic E-state index is 9.73. The van der Waals surface area contributed by atoms with Crippen molar-refractivity contribution in [1.82, 2.24) is 0 Å². The predicted octanol–water partition coefficient (Wildman–Crippen LogP) is 8.82. The molecule has 2 aliphatic rings. The highest BCUT2D eigenvalue weighted by Gasteiger charge is 2.35. The molecule has 0 aromatic rings. The van der Waals surface area contributed by atoms with Gasteiger partial charge in [0.1, 0.15) is 0 Å². The molecule has 27 heavy (non-hydrogen) atoms. The number of hydrogen-bond donors (Lipinski definition) is 0. The standard InChI is InChI=1S/C26H47N/c1-3-5-7-8-10-23-11-13-24(14-12-23)15-16-25-17-20-26(22-27,21-18-25)19-9-6-4-2/h23-25H,3-21H2,1-2H3. The molecule has 0 aliphatic heterocycles. The van der Waals surface area contributed by atoms with Crippen molar-refractivity contribution in [3.05, 3.63) is 0 Å². The number of rotatable bonds is 12. The summed E-state index contributed by atoms with van der Waals surface area (Å²) in [6, 6.07) is 2.73. The average molecular weight is 374 g/mol. The molecule has 2 fully saturated rings. The Balaban J connectivity index is 1.57. The molecule has 2 saturated carbocycles. The molecule has 0 heterocycles. The van der Waals surface area contributed by atoms with Gasteiger partial charge in [-0.05, 0) is 49.9 Å². The first kappa shape index (κ1) is 22.8. The Morgan fingerprint density at radius 3 is 1.74 bits per heavy atom. The van der Waals surface area contributed by atoms with Gasteiger partial charge in [0, 0.05) is 0 Å².